The third kappa shape index (κ3) is 4.65. The summed E-state index contributed by atoms with van der Waals surface area (Å²) in [6.07, 6.45) is 2.66. The molecule has 4 aromatic rings. The number of carbonyl (C=O) groups excluding carboxylic acids is 2. The van der Waals surface area contributed by atoms with E-state index in [1.807, 2.05) is 66.0 Å². The molecule has 2 amide bonds. The Hall–Kier alpha value is -4.04. The Morgan fingerprint density at radius 3 is 2.71 bits per heavy atom. The summed E-state index contributed by atoms with van der Waals surface area (Å²) in [6, 6.07) is 18.3. The SMILES string of the molecule is CCc1ccc(NC(=O)C(C)N2C(=O)COc3ccc(-c4csc(-c5ccccn5)n4)cc32)cc1. The minimum atomic E-state index is -0.731. The molecule has 1 unspecified atom stereocenters. The summed E-state index contributed by atoms with van der Waals surface area (Å²) in [5.74, 6) is 0.0125. The number of aromatic nitrogens is 2. The quantitative estimate of drug-likeness (QED) is 0.407. The summed E-state index contributed by atoms with van der Waals surface area (Å²) < 4.78 is 5.65. The van der Waals surface area contributed by atoms with Gasteiger partial charge >= 0.3 is 0 Å². The van der Waals surface area contributed by atoms with Crippen molar-refractivity contribution >= 4 is 34.5 Å². The van der Waals surface area contributed by atoms with Crippen LogP contribution < -0.4 is 15.0 Å². The van der Waals surface area contributed by atoms with E-state index in [1.54, 1.807) is 13.1 Å². The van der Waals surface area contributed by atoms with Gasteiger partial charge in [-0.1, -0.05) is 25.1 Å². The van der Waals surface area contributed by atoms with Gasteiger partial charge < -0.3 is 10.1 Å². The fourth-order valence-electron chi connectivity index (χ4n) is 3.96. The molecule has 7 nitrogen and oxygen atoms in total. The zero-order valence-electron chi connectivity index (χ0n) is 19.4. The molecule has 0 saturated carbocycles. The first-order valence-electron chi connectivity index (χ1n) is 11.4. The Morgan fingerprint density at radius 1 is 1.14 bits per heavy atom. The number of pyridine rings is 1. The Kier molecular flexibility index (Phi) is 6.29. The van der Waals surface area contributed by atoms with Gasteiger partial charge in [-0.2, -0.15) is 0 Å². The second kappa shape index (κ2) is 9.68. The zero-order valence-corrected chi connectivity index (χ0v) is 20.2. The molecule has 2 aromatic carbocycles. The zero-order chi connectivity index (χ0) is 24.4. The van der Waals surface area contributed by atoms with Crippen molar-refractivity contribution in [2.75, 3.05) is 16.8 Å². The summed E-state index contributed by atoms with van der Waals surface area (Å²) in [7, 11) is 0. The number of rotatable bonds is 6. The number of fused-ring (bicyclic) bond motifs is 1. The van der Waals surface area contributed by atoms with Crippen LogP contribution >= 0.6 is 11.3 Å². The fraction of sp³-hybridized carbons (Fsp3) is 0.185. The van der Waals surface area contributed by atoms with E-state index in [0.29, 0.717) is 17.1 Å². The standard InChI is InChI=1S/C27H24N4O3S/c1-3-18-7-10-20(11-8-18)29-26(33)17(2)31-23-14-19(9-12-24(23)34-15-25(31)32)22-16-35-27(30-22)21-6-4-5-13-28-21/h4-14,16-17H,3,15H2,1-2H3,(H,29,33). The first kappa shape index (κ1) is 22.7. The number of benzene rings is 2. The molecule has 1 aliphatic rings. The van der Waals surface area contributed by atoms with Crippen molar-refractivity contribution in [2.45, 2.75) is 26.3 Å². The largest absolute Gasteiger partial charge is 0.482 e. The highest BCUT2D eigenvalue weighted by atomic mass is 32.1. The molecule has 5 rings (SSSR count). The Morgan fingerprint density at radius 2 is 1.97 bits per heavy atom. The van der Waals surface area contributed by atoms with Gasteiger partial charge in [0.2, 0.25) is 5.91 Å². The van der Waals surface area contributed by atoms with Crippen LogP contribution in [0, 0.1) is 0 Å². The van der Waals surface area contributed by atoms with Crippen molar-refractivity contribution in [3.63, 3.8) is 0 Å². The number of aryl methyl sites for hydroxylation is 1. The maximum absolute atomic E-state index is 13.1. The van der Waals surface area contributed by atoms with Crippen molar-refractivity contribution in [1.82, 2.24) is 9.97 Å². The lowest BCUT2D eigenvalue weighted by atomic mass is 10.1. The summed E-state index contributed by atoms with van der Waals surface area (Å²) in [5.41, 5.74) is 4.83. The van der Waals surface area contributed by atoms with Crippen molar-refractivity contribution in [3.05, 3.63) is 77.8 Å². The van der Waals surface area contributed by atoms with Crippen molar-refractivity contribution in [3.8, 4) is 27.7 Å². The van der Waals surface area contributed by atoms with Gasteiger partial charge in [-0.15, -0.1) is 11.3 Å². The minimum absolute atomic E-state index is 0.115. The van der Waals surface area contributed by atoms with Gasteiger partial charge in [-0.25, -0.2) is 4.98 Å². The number of hydrogen-bond acceptors (Lipinski definition) is 6. The number of thiazole rings is 1. The van der Waals surface area contributed by atoms with E-state index in [4.69, 9.17) is 9.72 Å². The lowest BCUT2D eigenvalue weighted by Crippen LogP contribution is -2.49. The van der Waals surface area contributed by atoms with Crippen LogP contribution in [0.3, 0.4) is 0 Å². The first-order chi connectivity index (χ1) is 17.0. The third-order valence-electron chi connectivity index (χ3n) is 5.92. The molecule has 1 atom stereocenters. The van der Waals surface area contributed by atoms with E-state index >= 15 is 0 Å². The average molecular weight is 485 g/mol. The molecule has 1 aliphatic heterocycles. The molecule has 0 aliphatic carbocycles. The Bertz CT molecular complexity index is 1370. The summed E-state index contributed by atoms with van der Waals surface area (Å²) >= 11 is 1.50. The van der Waals surface area contributed by atoms with Crippen LogP contribution in [-0.2, 0) is 16.0 Å². The topological polar surface area (TPSA) is 84.4 Å². The highest BCUT2D eigenvalue weighted by molar-refractivity contribution is 7.13. The summed E-state index contributed by atoms with van der Waals surface area (Å²) in [4.78, 5) is 36.5. The molecule has 176 valence electrons. The monoisotopic (exact) mass is 484 g/mol. The van der Waals surface area contributed by atoms with E-state index in [-0.39, 0.29) is 18.4 Å². The number of carbonyl (C=O) groups is 2. The molecular formula is C27H24N4O3S. The second-order valence-corrected chi connectivity index (χ2v) is 9.06. The molecule has 0 spiro atoms. The van der Waals surface area contributed by atoms with Crippen molar-refractivity contribution in [1.29, 1.82) is 0 Å². The normalized spacial score (nSPS) is 13.7. The van der Waals surface area contributed by atoms with Gasteiger partial charge in [-0.05, 0) is 61.4 Å². The molecular weight excluding hydrogens is 460 g/mol. The number of nitrogens with zero attached hydrogens (tertiary/aromatic N) is 3. The maximum Gasteiger partial charge on any atom is 0.265 e. The third-order valence-corrected chi connectivity index (χ3v) is 6.78. The average Bonchev–Trinajstić information content (AvgIpc) is 3.39. The lowest BCUT2D eigenvalue weighted by Gasteiger charge is -2.33. The van der Waals surface area contributed by atoms with Crippen LogP contribution in [0.1, 0.15) is 19.4 Å². The molecule has 3 heterocycles. The van der Waals surface area contributed by atoms with Gasteiger partial charge in [0, 0.05) is 22.8 Å². The summed E-state index contributed by atoms with van der Waals surface area (Å²) in [6.45, 7) is 3.68. The molecule has 35 heavy (non-hydrogen) atoms. The fourth-order valence-corrected chi connectivity index (χ4v) is 4.76. The Balaban J connectivity index is 1.42. The second-order valence-electron chi connectivity index (χ2n) is 8.20. The first-order valence-corrected chi connectivity index (χ1v) is 12.3. The predicted molar refractivity (Wildman–Crippen MR) is 138 cm³/mol. The molecule has 0 fully saturated rings. The number of ether oxygens (including phenoxy) is 1. The van der Waals surface area contributed by atoms with Crippen LogP contribution in [0.5, 0.6) is 5.75 Å². The van der Waals surface area contributed by atoms with E-state index in [2.05, 4.69) is 17.2 Å². The van der Waals surface area contributed by atoms with E-state index < -0.39 is 6.04 Å². The minimum Gasteiger partial charge on any atom is -0.482 e. The number of amides is 2. The van der Waals surface area contributed by atoms with Crippen molar-refractivity contribution < 1.29 is 14.3 Å². The van der Waals surface area contributed by atoms with Gasteiger partial charge in [-0.3, -0.25) is 19.5 Å². The van der Waals surface area contributed by atoms with Gasteiger partial charge in [0.1, 0.15) is 16.8 Å². The lowest BCUT2D eigenvalue weighted by molar-refractivity contribution is -0.125. The highest BCUT2D eigenvalue weighted by Gasteiger charge is 2.33. The number of anilines is 2. The molecule has 0 radical (unpaired) electrons. The molecule has 0 bridgehead atoms. The van der Waals surface area contributed by atoms with E-state index in [9.17, 15) is 9.59 Å². The van der Waals surface area contributed by atoms with E-state index in [0.717, 1.165) is 28.4 Å². The number of hydrogen-bond donors (Lipinski definition) is 1. The molecule has 1 N–H and O–H groups in total. The Labute approximate surface area is 207 Å². The molecule has 0 saturated heterocycles. The maximum atomic E-state index is 13.1. The van der Waals surface area contributed by atoms with Crippen LogP contribution in [0.4, 0.5) is 11.4 Å². The number of nitrogens with one attached hydrogen (secondary N) is 1. The van der Waals surface area contributed by atoms with Crippen LogP contribution in [0.2, 0.25) is 0 Å². The predicted octanol–water partition coefficient (Wildman–Crippen LogP) is 5.19. The highest BCUT2D eigenvalue weighted by Crippen LogP contribution is 2.38. The molecule has 2 aromatic heterocycles. The van der Waals surface area contributed by atoms with Gasteiger partial charge in [0.15, 0.2) is 6.61 Å². The van der Waals surface area contributed by atoms with Gasteiger partial charge in [0.25, 0.3) is 5.91 Å². The van der Waals surface area contributed by atoms with Crippen LogP contribution in [-0.4, -0.2) is 34.4 Å². The molecule has 8 heteroatoms. The van der Waals surface area contributed by atoms with Crippen molar-refractivity contribution in [2.24, 2.45) is 0 Å². The smallest absolute Gasteiger partial charge is 0.265 e. The van der Waals surface area contributed by atoms with E-state index in [1.165, 1.54) is 21.8 Å². The van der Waals surface area contributed by atoms with Crippen LogP contribution in [0.25, 0.3) is 22.0 Å². The van der Waals surface area contributed by atoms with Crippen LogP contribution in [0.15, 0.2) is 72.2 Å². The van der Waals surface area contributed by atoms with Gasteiger partial charge in [0.05, 0.1) is 17.1 Å². The summed E-state index contributed by atoms with van der Waals surface area (Å²) in [5, 5.41) is 5.68.